The maximum absolute atomic E-state index is 12.0. The van der Waals surface area contributed by atoms with E-state index in [9.17, 15) is 4.79 Å². The minimum Gasteiger partial charge on any atom is -0.370 e. The first-order valence-corrected chi connectivity index (χ1v) is 9.18. The summed E-state index contributed by atoms with van der Waals surface area (Å²) < 4.78 is 0. The number of aliphatic imine (C=N–C) groups is 1. The number of nitrogens with zero attached hydrogens (tertiary/aromatic N) is 2. The predicted octanol–water partition coefficient (Wildman–Crippen LogP) is 3.56. The van der Waals surface area contributed by atoms with Gasteiger partial charge in [-0.15, -0.1) is 24.0 Å². The fraction of sp³-hybridized carbons (Fsp3) is 0.579. The number of piperidine rings is 1. The molecule has 2 aliphatic rings. The number of halogens is 1. The lowest BCUT2D eigenvalue weighted by atomic mass is 9.96. The third-order valence-electron chi connectivity index (χ3n) is 4.96. The lowest BCUT2D eigenvalue weighted by molar-refractivity contribution is -0.119. The first-order valence-electron chi connectivity index (χ1n) is 9.18. The van der Waals surface area contributed by atoms with Crippen LogP contribution in [0.25, 0.3) is 0 Å². The number of carbonyl (C=O) groups excluding carboxylic acids is 1. The Hall–Kier alpha value is -1.31. The van der Waals surface area contributed by atoms with Crippen LogP contribution in [-0.2, 0) is 11.3 Å². The summed E-state index contributed by atoms with van der Waals surface area (Å²) in [5.74, 6) is 0.769. The fourth-order valence-corrected chi connectivity index (χ4v) is 3.54. The lowest BCUT2D eigenvalue weighted by Gasteiger charge is -2.26. The molecule has 2 fully saturated rings. The summed E-state index contributed by atoms with van der Waals surface area (Å²) in [6.45, 7) is 1.40. The topological polar surface area (TPSA) is 70.7 Å². The van der Waals surface area contributed by atoms with Crippen LogP contribution in [0, 0.1) is 0 Å². The number of nitrogens with one attached hydrogen (secondary N) is 1. The van der Waals surface area contributed by atoms with E-state index in [1.165, 1.54) is 32.1 Å². The molecule has 0 radical (unpaired) electrons. The van der Waals surface area contributed by atoms with Crippen LogP contribution in [0.5, 0.6) is 0 Å². The number of carbonyl (C=O) groups is 1. The predicted molar refractivity (Wildman–Crippen MR) is 113 cm³/mol. The highest BCUT2D eigenvalue weighted by Gasteiger charge is 2.19. The summed E-state index contributed by atoms with van der Waals surface area (Å²) in [4.78, 5) is 18.3. The van der Waals surface area contributed by atoms with Gasteiger partial charge in [-0.05, 0) is 43.4 Å². The molecule has 138 valence electrons. The van der Waals surface area contributed by atoms with Crippen molar-refractivity contribution >= 4 is 41.5 Å². The second kappa shape index (κ2) is 9.99. The van der Waals surface area contributed by atoms with Crippen LogP contribution in [0.15, 0.2) is 29.3 Å². The van der Waals surface area contributed by atoms with Crippen LogP contribution in [0.1, 0.15) is 56.9 Å². The highest BCUT2D eigenvalue weighted by molar-refractivity contribution is 14.0. The van der Waals surface area contributed by atoms with E-state index < -0.39 is 0 Å². The van der Waals surface area contributed by atoms with E-state index in [1.54, 1.807) is 0 Å². The molecule has 0 spiro atoms. The largest absolute Gasteiger partial charge is 0.370 e. The number of hydrogen-bond donors (Lipinski definition) is 2. The molecular weight excluding hydrogens is 427 g/mol. The van der Waals surface area contributed by atoms with Crippen molar-refractivity contribution in [3.05, 3.63) is 29.8 Å². The van der Waals surface area contributed by atoms with Crippen molar-refractivity contribution in [2.45, 2.75) is 64.0 Å². The van der Waals surface area contributed by atoms with E-state index in [2.05, 4.69) is 10.3 Å². The Morgan fingerprint density at radius 3 is 2.52 bits per heavy atom. The Labute approximate surface area is 167 Å². The third-order valence-corrected chi connectivity index (χ3v) is 4.96. The molecule has 0 atom stereocenters. The minimum atomic E-state index is 0. The van der Waals surface area contributed by atoms with Crippen LogP contribution in [0.3, 0.4) is 0 Å². The molecule has 1 heterocycles. The number of hydrogen-bond acceptors (Lipinski definition) is 2. The summed E-state index contributed by atoms with van der Waals surface area (Å²) in [6, 6.07) is 8.58. The van der Waals surface area contributed by atoms with Crippen molar-refractivity contribution in [3.63, 3.8) is 0 Å². The van der Waals surface area contributed by atoms with Crippen LogP contribution in [-0.4, -0.2) is 24.5 Å². The molecule has 0 bridgehead atoms. The monoisotopic (exact) mass is 456 g/mol. The third kappa shape index (κ3) is 5.87. The second-order valence-electron chi connectivity index (χ2n) is 6.85. The molecule has 3 rings (SSSR count). The molecule has 25 heavy (non-hydrogen) atoms. The van der Waals surface area contributed by atoms with Gasteiger partial charge in [0.1, 0.15) is 0 Å². The SMILES string of the molecule is I.NC(=NCc1ccc(N2CCCCC2=O)cc1)NC1CCCCC1. The average Bonchev–Trinajstić information content (AvgIpc) is 2.62. The summed E-state index contributed by atoms with van der Waals surface area (Å²) >= 11 is 0. The number of benzene rings is 1. The summed E-state index contributed by atoms with van der Waals surface area (Å²) in [6.07, 6.45) is 9.03. The van der Waals surface area contributed by atoms with E-state index in [4.69, 9.17) is 5.73 Å². The highest BCUT2D eigenvalue weighted by atomic mass is 127. The molecule has 6 heteroatoms. The maximum atomic E-state index is 12.0. The molecule has 1 amide bonds. The van der Waals surface area contributed by atoms with E-state index in [0.29, 0.717) is 25.0 Å². The number of nitrogens with two attached hydrogens (primary N) is 1. The van der Waals surface area contributed by atoms with E-state index in [1.807, 2.05) is 29.2 Å². The molecule has 1 aromatic rings. The molecule has 1 saturated heterocycles. The van der Waals surface area contributed by atoms with Crippen LogP contribution in [0.2, 0.25) is 0 Å². The molecule has 0 unspecified atom stereocenters. The van der Waals surface area contributed by atoms with E-state index in [0.717, 1.165) is 30.6 Å². The zero-order valence-corrected chi connectivity index (χ0v) is 17.1. The summed E-state index contributed by atoms with van der Waals surface area (Å²) in [5, 5.41) is 3.33. The molecular formula is C19H29IN4O. The Morgan fingerprint density at radius 1 is 1.12 bits per heavy atom. The Balaban J connectivity index is 0.00000225. The van der Waals surface area contributed by atoms with Gasteiger partial charge in [-0.25, -0.2) is 4.99 Å². The van der Waals surface area contributed by atoms with Gasteiger partial charge in [0.25, 0.3) is 0 Å². The molecule has 1 aliphatic heterocycles. The Bertz CT molecular complexity index is 582. The van der Waals surface area contributed by atoms with Crippen molar-refractivity contribution < 1.29 is 4.79 Å². The van der Waals surface area contributed by atoms with Gasteiger partial charge in [-0.2, -0.15) is 0 Å². The average molecular weight is 456 g/mol. The van der Waals surface area contributed by atoms with Crippen LogP contribution < -0.4 is 16.0 Å². The zero-order chi connectivity index (χ0) is 16.8. The van der Waals surface area contributed by atoms with Crippen molar-refractivity contribution in [1.82, 2.24) is 5.32 Å². The van der Waals surface area contributed by atoms with Gasteiger partial charge in [0.05, 0.1) is 6.54 Å². The fourth-order valence-electron chi connectivity index (χ4n) is 3.54. The van der Waals surface area contributed by atoms with E-state index in [-0.39, 0.29) is 29.9 Å². The number of amides is 1. The Morgan fingerprint density at radius 2 is 1.84 bits per heavy atom. The van der Waals surface area contributed by atoms with Gasteiger partial charge in [-0.1, -0.05) is 31.4 Å². The van der Waals surface area contributed by atoms with Gasteiger partial charge in [-0.3, -0.25) is 4.79 Å². The number of guanidine groups is 1. The van der Waals surface area contributed by atoms with Gasteiger partial charge >= 0.3 is 0 Å². The first kappa shape index (κ1) is 20.0. The minimum absolute atomic E-state index is 0. The highest BCUT2D eigenvalue weighted by Crippen LogP contribution is 2.21. The van der Waals surface area contributed by atoms with Crippen molar-refractivity contribution in [3.8, 4) is 0 Å². The van der Waals surface area contributed by atoms with E-state index >= 15 is 0 Å². The second-order valence-corrected chi connectivity index (χ2v) is 6.85. The smallest absolute Gasteiger partial charge is 0.226 e. The van der Waals surface area contributed by atoms with Crippen molar-refractivity contribution in [2.24, 2.45) is 10.7 Å². The van der Waals surface area contributed by atoms with Gasteiger partial charge in [0.15, 0.2) is 5.96 Å². The molecule has 0 aromatic heterocycles. The van der Waals surface area contributed by atoms with Crippen LogP contribution >= 0.6 is 24.0 Å². The number of anilines is 1. The first-order chi connectivity index (χ1) is 11.7. The Kier molecular flexibility index (Phi) is 7.99. The van der Waals surface area contributed by atoms with Crippen LogP contribution in [0.4, 0.5) is 5.69 Å². The normalized spacial score (nSPS) is 19.4. The molecule has 3 N–H and O–H groups in total. The zero-order valence-electron chi connectivity index (χ0n) is 14.7. The van der Waals surface area contributed by atoms with Gasteiger partial charge < -0.3 is 16.0 Å². The standard InChI is InChI=1S/C19H28N4O.HI/c20-19(22-16-6-2-1-3-7-16)21-14-15-9-11-17(12-10-15)23-13-5-4-8-18(23)24;/h9-12,16H,1-8,13-14H2,(H3,20,21,22);1H. The lowest BCUT2D eigenvalue weighted by Crippen LogP contribution is -2.41. The van der Waals surface area contributed by atoms with Gasteiger partial charge in [0.2, 0.25) is 5.91 Å². The van der Waals surface area contributed by atoms with Crippen molar-refractivity contribution in [1.29, 1.82) is 0 Å². The molecule has 1 aliphatic carbocycles. The molecule has 1 saturated carbocycles. The maximum Gasteiger partial charge on any atom is 0.226 e. The number of rotatable bonds is 4. The summed E-state index contributed by atoms with van der Waals surface area (Å²) in [5.41, 5.74) is 8.10. The quantitative estimate of drug-likeness (QED) is 0.414. The molecule has 1 aromatic carbocycles. The van der Waals surface area contributed by atoms with Crippen molar-refractivity contribution in [2.75, 3.05) is 11.4 Å². The molecule has 5 nitrogen and oxygen atoms in total. The van der Waals surface area contributed by atoms with Gasteiger partial charge in [0, 0.05) is 24.7 Å². The summed E-state index contributed by atoms with van der Waals surface area (Å²) in [7, 11) is 0.